The molecule has 7 heteroatoms. The van der Waals surface area contributed by atoms with Crippen molar-refractivity contribution in [3.8, 4) is 17.2 Å². The summed E-state index contributed by atoms with van der Waals surface area (Å²) in [6, 6.07) is 10.5. The summed E-state index contributed by atoms with van der Waals surface area (Å²) in [4.78, 5) is -0.423. The third-order valence-corrected chi connectivity index (χ3v) is 5.06. The van der Waals surface area contributed by atoms with Gasteiger partial charge in [0.05, 0.1) is 0 Å². The summed E-state index contributed by atoms with van der Waals surface area (Å²) in [5.41, 5.74) is 1.18. The minimum Gasteiger partial charge on any atom is -0.872 e. The van der Waals surface area contributed by atoms with Gasteiger partial charge >= 0.3 is 29.6 Å². The zero-order valence-electron chi connectivity index (χ0n) is 16.0. The molecule has 2 rings (SSSR count). The second-order valence-corrected chi connectivity index (χ2v) is 7.74. The van der Waals surface area contributed by atoms with Crippen LogP contribution in [0, 0.1) is 0 Å². The van der Waals surface area contributed by atoms with Crippen LogP contribution in [0.15, 0.2) is 47.4 Å². The predicted molar refractivity (Wildman–Crippen MR) is 99.3 cm³/mol. The second kappa shape index (κ2) is 11.7. The molecule has 2 aromatic rings. The molecule has 2 aromatic carbocycles. The molecule has 5 nitrogen and oxygen atoms in total. The molecule has 0 unspecified atom stereocenters. The Morgan fingerprint density at radius 1 is 0.963 bits per heavy atom. The van der Waals surface area contributed by atoms with E-state index in [0.717, 1.165) is 31.0 Å². The molecule has 0 aromatic heterocycles. The summed E-state index contributed by atoms with van der Waals surface area (Å²) in [6.45, 7) is 2.20. The van der Waals surface area contributed by atoms with E-state index in [1.165, 1.54) is 37.7 Å². The second-order valence-electron chi connectivity index (χ2n) is 6.35. The van der Waals surface area contributed by atoms with Gasteiger partial charge in [0.2, 0.25) is 0 Å². The third-order valence-electron chi connectivity index (χ3n) is 4.16. The standard InChI is InChI=1S/C20H26O5S.Na/c1-2-3-4-5-6-7-8-16-9-12-18(13-10-16)25-19-15-17(21)11-14-20(19)26(22,23)24;/h9-15,21H,2-8H2,1H3,(H,22,23,24);/q;+1/p-1. The van der Waals surface area contributed by atoms with Crippen LogP contribution in [0.4, 0.5) is 0 Å². The third kappa shape index (κ3) is 8.23. The number of aryl methyl sites for hydroxylation is 1. The first-order valence-corrected chi connectivity index (χ1v) is 10.4. The van der Waals surface area contributed by atoms with Gasteiger partial charge in [-0.2, -0.15) is 8.42 Å². The van der Waals surface area contributed by atoms with E-state index in [2.05, 4.69) is 6.92 Å². The molecule has 0 aliphatic carbocycles. The Hall–Kier alpha value is -1.05. The normalized spacial score (nSPS) is 11.0. The number of ether oxygens (including phenoxy) is 1. The first-order chi connectivity index (χ1) is 12.4. The van der Waals surface area contributed by atoms with Crippen molar-refractivity contribution in [1.82, 2.24) is 0 Å². The van der Waals surface area contributed by atoms with Crippen LogP contribution in [-0.2, 0) is 16.5 Å². The summed E-state index contributed by atoms with van der Waals surface area (Å²) in [6.07, 6.45) is 8.43. The summed E-state index contributed by atoms with van der Waals surface area (Å²) >= 11 is 0. The van der Waals surface area contributed by atoms with Crippen LogP contribution in [0.3, 0.4) is 0 Å². The van der Waals surface area contributed by atoms with Crippen molar-refractivity contribution in [2.75, 3.05) is 0 Å². The molecular formula is C20H25NaO5S. The predicted octanol–water partition coefficient (Wildman–Crippen LogP) is 1.71. The average Bonchev–Trinajstić information content (AvgIpc) is 2.58. The van der Waals surface area contributed by atoms with E-state index in [-0.39, 0.29) is 35.3 Å². The van der Waals surface area contributed by atoms with Gasteiger partial charge in [-0.15, -0.1) is 5.75 Å². The molecule has 0 spiro atoms. The van der Waals surface area contributed by atoms with Crippen molar-refractivity contribution in [2.24, 2.45) is 0 Å². The van der Waals surface area contributed by atoms with Crippen LogP contribution in [0.5, 0.6) is 17.2 Å². The van der Waals surface area contributed by atoms with Crippen LogP contribution in [0.2, 0.25) is 0 Å². The molecule has 0 bridgehead atoms. The smallest absolute Gasteiger partial charge is 0.872 e. The monoisotopic (exact) mass is 400 g/mol. The Kier molecular flexibility index (Phi) is 10.4. The van der Waals surface area contributed by atoms with Crippen LogP contribution < -0.4 is 39.4 Å². The van der Waals surface area contributed by atoms with Crippen LogP contribution in [0.1, 0.15) is 51.0 Å². The topological polar surface area (TPSA) is 86.7 Å². The summed E-state index contributed by atoms with van der Waals surface area (Å²) in [7, 11) is -4.46. The molecule has 0 saturated carbocycles. The molecule has 142 valence electrons. The van der Waals surface area contributed by atoms with E-state index in [9.17, 15) is 18.1 Å². The van der Waals surface area contributed by atoms with E-state index >= 15 is 0 Å². The molecule has 0 aliphatic rings. The van der Waals surface area contributed by atoms with Crippen molar-refractivity contribution >= 4 is 10.1 Å². The number of hydrogen-bond acceptors (Lipinski definition) is 4. The van der Waals surface area contributed by atoms with Crippen LogP contribution in [0.25, 0.3) is 0 Å². The quantitative estimate of drug-likeness (QED) is 0.373. The number of benzene rings is 2. The fourth-order valence-electron chi connectivity index (χ4n) is 2.74. The van der Waals surface area contributed by atoms with Crippen molar-refractivity contribution in [3.63, 3.8) is 0 Å². The van der Waals surface area contributed by atoms with Gasteiger partial charge in [0, 0.05) is 0 Å². The number of rotatable bonds is 10. The summed E-state index contributed by atoms with van der Waals surface area (Å²) in [5.74, 6) is -0.164. The van der Waals surface area contributed by atoms with Gasteiger partial charge in [-0.1, -0.05) is 57.2 Å². The fraction of sp³-hybridized carbons (Fsp3) is 0.400. The average molecular weight is 400 g/mol. The van der Waals surface area contributed by atoms with Crippen molar-refractivity contribution < 1.29 is 52.4 Å². The molecule has 0 saturated heterocycles. The number of unbranched alkanes of at least 4 members (excludes halogenated alkanes) is 5. The van der Waals surface area contributed by atoms with Crippen LogP contribution in [-0.4, -0.2) is 13.0 Å². The maximum absolute atomic E-state index is 11.5. The van der Waals surface area contributed by atoms with E-state index in [1.807, 2.05) is 12.1 Å². The van der Waals surface area contributed by atoms with Crippen molar-refractivity contribution in [1.29, 1.82) is 0 Å². The Morgan fingerprint density at radius 3 is 2.22 bits per heavy atom. The van der Waals surface area contributed by atoms with Gasteiger partial charge in [-0.25, -0.2) is 0 Å². The minimum absolute atomic E-state index is 0. The van der Waals surface area contributed by atoms with Gasteiger partial charge in [0.1, 0.15) is 16.4 Å². The number of hydrogen-bond donors (Lipinski definition) is 1. The Labute approximate surface area is 183 Å². The molecule has 0 radical (unpaired) electrons. The van der Waals surface area contributed by atoms with Crippen LogP contribution >= 0.6 is 0 Å². The molecular weight excluding hydrogens is 375 g/mol. The Balaban J connectivity index is 0.00000364. The Morgan fingerprint density at radius 2 is 1.59 bits per heavy atom. The molecule has 0 fully saturated rings. The maximum atomic E-state index is 11.5. The van der Waals surface area contributed by atoms with Crippen molar-refractivity contribution in [3.05, 3.63) is 48.0 Å². The Bertz CT molecular complexity index is 804. The molecule has 0 atom stereocenters. The zero-order valence-corrected chi connectivity index (χ0v) is 18.8. The fourth-order valence-corrected chi connectivity index (χ4v) is 3.34. The first kappa shape index (κ1) is 24.0. The molecule has 0 heterocycles. The van der Waals surface area contributed by atoms with Gasteiger partial charge in [0.15, 0.2) is 0 Å². The SMILES string of the molecule is CCCCCCCCc1ccc(Oc2cc([O-])ccc2S(=O)(=O)O)cc1.[Na+]. The van der Waals surface area contributed by atoms with Gasteiger partial charge < -0.3 is 9.84 Å². The van der Waals surface area contributed by atoms with Gasteiger partial charge in [0.25, 0.3) is 10.1 Å². The molecule has 27 heavy (non-hydrogen) atoms. The first-order valence-electron chi connectivity index (χ1n) is 8.95. The van der Waals surface area contributed by atoms with Crippen molar-refractivity contribution in [2.45, 2.75) is 56.8 Å². The van der Waals surface area contributed by atoms with Gasteiger partial charge in [-0.05, 0) is 42.7 Å². The minimum atomic E-state index is -4.46. The maximum Gasteiger partial charge on any atom is 1.00 e. The zero-order chi connectivity index (χ0) is 19.0. The largest absolute Gasteiger partial charge is 1.00 e. The van der Waals surface area contributed by atoms with E-state index < -0.39 is 20.8 Å². The molecule has 1 N–H and O–H groups in total. The molecule has 0 amide bonds. The molecule has 0 aliphatic heterocycles. The van der Waals surface area contributed by atoms with E-state index in [0.29, 0.717) is 5.75 Å². The summed E-state index contributed by atoms with van der Waals surface area (Å²) < 4.78 is 37.5. The van der Waals surface area contributed by atoms with E-state index in [4.69, 9.17) is 4.74 Å². The summed E-state index contributed by atoms with van der Waals surface area (Å²) in [5, 5.41) is 11.5. The van der Waals surface area contributed by atoms with Gasteiger partial charge in [-0.3, -0.25) is 4.55 Å². The van der Waals surface area contributed by atoms with E-state index in [1.54, 1.807) is 12.1 Å².